The molecular formula is C18H21F3N2O4. The van der Waals surface area contributed by atoms with Gasteiger partial charge in [-0.15, -0.1) is 0 Å². The van der Waals surface area contributed by atoms with Crippen LogP contribution in [0.1, 0.15) is 31.2 Å². The molecule has 2 fully saturated rings. The Morgan fingerprint density at radius 1 is 1.26 bits per heavy atom. The van der Waals surface area contributed by atoms with Gasteiger partial charge in [-0.3, -0.25) is 9.69 Å². The number of alkyl halides is 3. The maximum Gasteiger partial charge on any atom is 0.471 e. The summed E-state index contributed by atoms with van der Waals surface area (Å²) >= 11 is 0. The molecule has 1 aromatic carbocycles. The van der Waals surface area contributed by atoms with Crippen molar-refractivity contribution in [3.05, 3.63) is 29.8 Å². The number of amides is 2. The minimum Gasteiger partial charge on any atom is -0.497 e. The molecule has 0 radical (unpaired) electrons. The topological polar surface area (TPSA) is 70.1 Å². The zero-order valence-electron chi connectivity index (χ0n) is 14.8. The van der Waals surface area contributed by atoms with E-state index in [2.05, 4.69) is 0 Å². The highest BCUT2D eigenvalue weighted by molar-refractivity contribution is 5.82. The molecule has 3 rings (SSSR count). The summed E-state index contributed by atoms with van der Waals surface area (Å²) in [6, 6.07) is 5.98. The Kier molecular flexibility index (Phi) is 5.21. The summed E-state index contributed by atoms with van der Waals surface area (Å²) in [5.41, 5.74) is 0.468. The van der Waals surface area contributed by atoms with E-state index in [1.165, 1.54) is 7.11 Å². The smallest absolute Gasteiger partial charge is 0.471 e. The van der Waals surface area contributed by atoms with Crippen LogP contribution < -0.4 is 4.74 Å². The highest BCUT2D eigenvalue weighted by Crippen LogP contribution is 2.43. The van der Waals surface area contributed by atoms with Gasteiger partial charge in [0.15, 0.2) is 0 Å². The number of likely N-dealkylation sites (tertiary alicyclic amines) is 1. The summed E-state index contributed by atoms with van der Waals surface area (Å²) in [7, 11) is 1.47. The van der Waals surface area contributed by atoms with Crippen LogP contribution in [0.3, 0.4) is 0 Å². The van der Waals surface area contributed by atoms with Crippen molar-refractivity contribution in [1.29, 1.82) is 0 Å². The number of ether oxygens (including phenoxy) is 1. The molecule has 1 aliphatic carbocycles. The molecule has 0 spiro atoms. The highest BCUT2D eigenvalue weighted by Gasteiger charge is 2.53. The van der Waals surface area contributed by atoms with E-state index in [1.54, 1.807) is 24.3 Å². The predicted octanol–water partition coefficient (Wildman–Crippen LogP) is 3.46. The molecule has 3 unspecified atom stereocenters. The molecule has 2 amide bonds. The number of rotatable bonds is 4. The fraction of sp³-hybridized carbons (Fsp3) is 0.556. The van der Waals surface area contributed by atoms with E-state index in [4.69, 9.17) is 4.74 Å². The first-order valence-electron chi connectivity index (χ1n) is 8.74. The van der Waals surface area contributed by atoms with Gasteiger partial charge in [0.25, 0.3) is 0 Å². The summed E-state index contributed by atoms with van der Waals surface area (Å²) in [5, 5.41) is 9.59. The van der Waals surface area contributed by atoms with Crippen LogP contribution in [0.4, 0.5) is 18.0 Å². The van der Waals surface area contributed by atoms with Crippen molar-refractivity contribution in [3.8, 4) is 5.75 Å². The fourth-order valence-corrected chi connectivity index (χ4v) is 4.21. The number of carbonyl (C=O) groups excluding carboxylic acids is 1. The summed E-state index contributed by atoms with van der Waals surface area (Å²) in [6.45, 7) is -0.323. The van der Waals surface area contributed by atoms with Crippen molar-refractivity contribution in [1.82, 2.24) is 9.80 Å². The zero-order valence-corrected chi connectivity index (χ0v) is 14.8. The number of hydrogen-bond acceptors (Lipinski definition) is 3. The summed E-state index contributed by atoms with van der Waals surface area (Å²) in [6.07, 6.45) is -5.02. The van der Waals surface area contributed by atoms with Crippen molar-refractivity contribution < 1.29 is 32.6 Å². The van der Waals surface area contributed by atoms with Gasteiger partial charge in [0.05, 0.1) is 7.11 Å². The molecule has 6 nitrogen and oxygen atoms in total. The number of halogens is 3. The third-order valence-electron chi connectivity index (χ3n) is 5.41. The van der Waals surface area contributed by atoms with Gasteiger partial charge in [0, 0.05) is 12.6 Å². The summed E-state index contributed by atoms with van der Waals surface area (Å²) < 4.78 is 44.7. The van der Waals surface area contributed by atoms with Crippen LogP contribution in [-0.4, -0.2) is 52.4 Å². The van der Waals surface area contributed by atoms with Crippen molar-refractivity contribution in [2.45, 2.75) is 50.6 Å². The van der Waals surface area contributed by atoms with Gasteiger partial charge in [-0.1, -0.05) is 18.6 Å². The number of carboxylic acid groups (broad SMARTS) is 1. The molecule has 0 aromatic heterocycles. The first-order valence-corrected chi connectivity index (χ1v) is 8.74. The van der Waals surface area contributed by atoms with Gasteiger partial charge in [-0.25, -0.2) is 4.79 Å². The predicted molar refractivity (Wildman–Crippen MR) is 89.0 cm³/mol. The molecule has 0 bridgehead atoms. The van der Waals surface area contributed by atoms with Gasteiger partial charge in [0.2, 0.25) is 0 Å². The van der Waals surface area contributed by atoms with E-state index in [1.807, 2.05) is 0 Å². The second-order valence-corrected chi connectivity index (χ2v) is 6.94. The molecule has 1 saturated heterocycles. The molecule has 27 heavy (non-hydrogen) atoms. The van der Waals surface area contributed by atoms with Gasteiger partial charge < -0.3 is 14.7 Å². The van der Waals surface area contributed by atoms with E-state index in [0.29, 0.717) is 22.6 Å². The molecule has 1 heterocycles. The summed E-state index contributed by atoms with van der Waals surface area (Å²) in [5.74, 6) is -1.49. The number of nitrogens with zero attached hydrogens (tertiary/aromatic N) is 2. The molecule has 1 aromatic rings. The number of hydrogen-bond donors (Lipinski definition) is 1. The lowest BCUT2D eigenvalue weighted by Crippen LogP contribution is -2.54. The normalized spacial score (nSPS) is 24.6. The standard InChI is InChI=1S/C18H21F3N2O4/c1-27-13-7-5-11(6-8-13)10-22(16(24)18(19,20)21)15-9-12-3-2-4-14(12)23(15)17(25)26/h5-8,12,14-15H,2-4,9-10H2,1H3,(H,25,26). The van der Waals surface area contributed by atoms with E-state index >= 15 is 0 Å². The monoisotopic (exact) mass is 386 g/mol. The lowest BCUT2D eigenvalue weighted by Gasteiger charge is -2.36. The maximum absolute atomic E-state index is 13.2. The van der Waals surface area contributed by atoms with E-state index in [9.17, 15) is 27.9 Å². The van der Waals surface area contributed by atoms with Crippen LogP contribution in [0.5, 0.6) is 5.75 Å². The lowest BCUT2D eigenvalue weighted by molar-refractivity contribution is -0.191. The first-order chi connectivity index (χ1) is 12.7. The van der Waals surface area contributed by atoms with E-state index < -0.39 is 24.3 Å². The van der Waals surface area contributed by atoms with Gasteiger partial charge in [0.1, 0.15) is 11.9 Å². The SMILES string of the molecule is COc1ccc(CN(C(=O)C(F)(F)F)C2CC3CCCC3N2C(=O)O)cc1. The van der Waals surface area contributed by atoms with Gasteiger partial charge in [-0.2, -0.15) is 13.2 Å². The largest absolute Gasteiger partial charge is 0.497 e. The number of benzene rings is 1. The van der Waals surface area contributed by atoms with Crippen LogP contribution >= 0.6 is 0 Å². The van der Waals surface area contributed by atoms with Gasteiger partial charge >= 0.3 is 18.2 Å². The Labute approximate surface area is 154 Å². The Balaban J connectivity index is 1.91. The van der Waals surface area contributed by atoms with Crippen molar-refractivity contribution in [2.75, 3.05) is 7.11 Å². The van der Waals surface area contributed by atoms with Crippen molar-refractivity contribution in [3.63, 3.8) is 0 Å². The molecule has 1 saturated carbocycles. The Morgan fingerprint density at radius 3 is 2.48 bits per heavy atom. The Morgan fingerprint density at radius 2 is 1.93 bits per heavy atom. The van der Waals surface area contributed by atoms with Crippen LogP contribution in [-0.2, 0) is 11.3 Å². The van der Waals surface area contributed by atoms with Crippen LogP contribution in [0.2, 0.25) is 0 Å². The fourth-order valence-electron chi connectivity index (χ4n) is 4.21. The molecular weight excluding hydrogens is 365 g/mol. The molecule has 1 N–H and O–H groups in total. The van der Waals surface area contributed by atoms with E-state index in [-0.39, 0.29) is 24.9 Å². The molecule has 148 valence electrons. The summed E-state index contributed by atoms with van der Waals surface area (Å²) in [4.78, 5) is 25.6. The number of fused-ring (bicyclic) bond motifs is 1. The van der Waals surface area contributed by atoms with E-state index in [0.717, 1.165) is 17.7 Å². The Hall–Kier alpha value is -2.45. The van der Waals surface area contributed by atoms with Gasteiger partial charge in [-0.05, 0) is 42.9 Å². The van der Waals surface area contributed by atoms with Crippen molar-refractivity contribution in [2.24, 2.45) is 5.92 Å². The highest BCUT2D eigenvalue weighted by atomic mass is 19.4. The molecule has 2 aliphatic rings. The van der Waals surface area contributed by atoms with Crippen molar-refractivity contribution >= 4 is 12.0 Å². The maximum atomic E-state index is 13.2. The number of carbonyl (C=O) groups is 2. The average Bonchev–Trinajstić information content (AvgIpc) is 3.19. The van der Waals surface area contributed by atoms with Crippen LogP contribution in [0, 0.1) is 5.92 Å². The molecule has 1 aliphatic heterocycles. The molecule has 9 heteroatoms. The quantitative estimate of drug-likeness (QED) is 0.860. The third-order valence-corrected chi connectivity index (χ3v) is 5.41. The third kappa shape index (κ3) is 3.81. The van der Waals surface area contributed by atoms with Crippen LogP contribution in [0.15, 0.2) is 24.3 Å². The zero-order chi connectivity index (χ0) is 19.8. The minimum absolute atomic E-state index is 0.00880. The molecule has 3 atom stereocenters. The number of methoxy groups -OCH3 is 1. The second-order valence-electron chi connectivity index (χ2n) is 6.94. The first kappa shape index (κ1) is 19.3. The minimum atomic E-state index is -5.08. The second kappa shape index (κ2) is 7.28. The lowest BCUT2D eigenvalue weighted by atomic mass is 10.0. The average molecular weight is 386 g/mol. The van der Waals surface area contributed by atoms with Crippen LogP contribution in [0.25, 0.3) is 0 Å². The Bertz CT molecular complexity index is 708.